The molecule has 1 aliphatic carbocycles. The molecule has 1 saturated carbocycles. The molecule has 0 radical (unpaired) electrons. The van der Waals surface area contributed by atoms with Crippen LogP contribution >= 0.6 is 0 Å². The second-order valence-corrected chi connectivity index (χ2v) is 5.22. The van der Waals surface area contributed by atoms with Gasteiger partial charge < -0.3 is 14.8 Å². The Hall–Kier alpha value is -1.59. The number of nitrogens with one attached hydrogen (secondary N) is 2. The van der Waals surface area contributed by atoms with Crippen molar-refractivity contribution in [1.29, 1.82) is 0 Å². The first kappa shape index (κ1) is 12.4. The number of aromatic nitrogens is 2. The molecule has 2 heterocycles. The van der Waals surface area contributed by atoms with Crippen LogP contribution in [0.2, 0.25) is 0 Å². The Morgan fingerprint density at radius 1 is 1.53 bits per heavy atom. The third kappa shape index (κ3) is 2.88. The standard InChI is InChI=1S/C14H19N3O2/c1-9-2-5-13(19-9)14-11(7-16-17-14)6-15-8-12(18)10-3-4-10/h2,5,7,10,12,15,18H,3-4,6,8H2,1H3,(H,16,17). The number of furan rings is 1. The van der Waals surface area contributed by atoms with Crippen molar-refractivity contribution in [2.24, 2.45) is 5.92 Å². The van der Waals surface area contributed by atoms with Crippen LogP contribution in [0, 0.1) is 12.8 Å². The molecule has 0 bridgehead atoms. The van der Waals surface area contributed by atoms with Gasteiger partial charge in [0.1, 0.15) is 11.5 Å². The Morgan fingerprint density at radius 3 is 3.05 bits per heavy atom. The minimum absolute atomic E-state index is 0.221. The van der Waals surface area contributed by atoms with Gasteiger partial charge in [-0.2, -0.15) is 5.10 Å². The fourth-order valence-corrected chi connectivity index (χ4v) is 2.23. The van der Waals surface area contributed by atoms with Crippen molar-refractivity contribution in [3.05, 3.63) is 29.7 Å². The first-order valence-corrected chi connectivity index (χ1v) is 6.72. The largest absolute Gasteiger partial charge is 0.460 e. The molecule has 0 amide bonds. The van der Waals surface area contributed by atoms with Crippen LogP contribution in [0.5, 0.6) is 0 Å². The molecule has 0 spiro atoms. The predicted octanol–water partition coefficient (Wildman–Crippen LogP) is 1.84. The lowest BCUT2D eigenvalue weighted by molar-refractivity contribution is 0.148. The fraction of sp³-hybridized carbons (Fsp3) is 0.500. The van der Waals surface area contributed by atoms with Crippen LogP contribution in [0.25, 0.3) is 11.5 Å². The fourth-order valence-electron chi connectivity index (χ4n) is 2.23. The van der Waals surface area contributed by atoms with Gasteiger partial charge in [-0.15, -0.1) is 0 Å². The van der Waals surface area contributed by atoms with E-state index in [2.05, 4.69) is 15.5 Å². The molecular formula is C14H19N3O2. The van der Waals surface area contributed by atoms with E-state index in [9.17, 15) is 5.11 Å². The normalized spacial score (nSPS) is 16.7. The first-order chi connectivity index (χ1) is 9.24. The second kappa shape index (κ2) is 5.19. The molecule has 0 saturated heterocycles. The summed E-state index contributed by atoms with van der Waals surface area (Å²) in [7, 11) is 0. The van der Waals surface area contributed by atoms with Gasteiger partial charge in [0.2, 0.25) is 0 Å². The van der Waals surface area contributed by atoms with Crippen LogP contribution in [0.15, 0.2) is 22.7 Å². The van der Waals surface area contributed by atoms with Crippen molar-refractivity contribution in [2.45, 2.75) is 32.4 Å². The van der Waals surface area contributed by atoms with Gasteiger partial charge in [-0.3, -0.25) is 5.10 Å². The maximum Gasteiger partial charge on any atom is 0.152 e. The summed E-state index contributed by atoms with van der Waals surface area (Å²) in [5.74, 6) is 2.19. The summed E-state index contributed by atoms with van der Waals surface area (Å²) in [6.45, 7) is 3.23. The molecule has 0 aliphatic heterocycles. The van der Waals surface area contributed by atoms with Gasteiger partial charge >= 0.3 is 0 Å². The maximum absolute atomic E-state index is 9.80. The number of hydrogen-bond acceptors (Lipinski definition) is 4. The molecule has 2 aromatic rings. The third-order valence-electron chi connectivity index (χ3n) is 3.54. The summed E-state index contributed by atoms with van der Waals surface area (Å²) in [6, 6.07) is 3.87. The lowest BCUT2D eigenvalue weighted by Gasteiger charge is -2.10. The summed E-state index contributed by atoms with van der Waals surface area (Å²) in [5, 5.41) is 20.1. The zero-order valence-corrected chi connectivity index (χ0v) is 11.0. The molecule has 3 rings (SSSR count). The van der Waals surface area contributed by atoms with E-state index in [1.165, 1.54) is 0 Å². The van der Waals surface area contributed by atoms with Crippen LogP contribution in [-0.4, -0.2) is 28.0 Å². The van der Waals surface area contributed by atoms with Crippen LogP contribution in [0.3, 0.4) is 0 Å². The van der Waals surface area contributed by atoms with Gasteiger partial charge in [0, 0.05) is 18.7 Å². The van der Waals surface area contributed by atoms with Crippen molar-refractivity contribution in [3.8, 4) is 11.5 Å². The minimum atomic E-state index is -0.221. The van der Waals surface area contributed by atoms with E-state index >= 15 is 0 Å². The lowest BCUT2D eigenvalue weighted by Crippen LogP contribution is -2.27. The summed E-state index contributed by atoms with van der Waals surface area (Å²) >= 11 is 0. The number of aryl methyl sites for hydroxylation is 1. The number of aromatic amines is 1. The molecule has 0 aromatic carbocycles. The van der Waals surface area contributed by atoms with E-state index in [0.717, 1.165) is 35.6 Å². The number of hydrogen-bond donors (Lipinski definition) is 3. The van der Waals surface area contributed by atoms with E-state index in [0.29, 0.717) is 19.0 Å². The Kier molecular flexibility index (Phi) is 3.40. The quantitative estimate of drug-likeness (QED) is 0.741. The molecule has 1 unspecified atom stereocenters. The molecule has 1 atom stereocenters. The number of aliphatic hydroxyl groups is 1. The number of H-pyrrole nitrogens is 1. The van der Waals surface area contributed by atoms with Crippen molar-refractivity contribution < 1.29 is 9.52 Å². The van der Waals surface area contributed by atoms with Crippen LogP contribution in [0.4, 0.5) is 0 Å². The maximum atomic E-state index is 9.80. The van der Waals surface area contributed by atoms with E-state index in [-0.39, 0.29) is 6.10 Å². The molecule has 1 aliphatic rings. The number of aliphatic hydroxyl groups excluding tert-OH is 1. The van der Waals surface area contributed by atoms with Gasteiger partial charge in [0.05, 0.1) is 12.3 Å². The minimum Gasteiger partial charge on any atom is -0.460 e. The Bertz CT molecular complexity index is 542. The zero-order valence-electron chi connectivity index (χ0n) is 11.0. The molecule has 1 fully saturated rings. The molecule has 5 heteroatoms. The smallest absolute Gasteiger partial charge is 0.152 e. The Balaban J connectivity index is 1.60. The lowest BCUT2D eigenvalue weighted by atomic mass is 10.2. The number of rotatable bonds is 6. The number of nitrogens with zero attached hydrogens (tertiary/aromatic N) is 1. The molecular weight excluding hydrogens is 242 g/mol. The highest BCUT2D eigenvalue weighted by atomic mass is 16.3. The summed E-state index contributed by atoms with van der Waals surface area (Å²) in [6.07, 6.45) is 3.89. The van der Waals surface area contributed by atoms with E-state index < -0.39 is 0 Å². The van der Waals surface area contributed by atoms with Gasteiger partial charge in [-0.25, -0.2) is 0 Å². The van der Waals surface area contributed by atoms with Crippen molar-refractivity contribution in [3.63, 3.8) is 0 Å². The average molecular weight is 261 g/mol. The highest BCUT2D eigenvalue weighted by molar-refractivity contribution is 5.56. The molecule has 5 nitrogen and oxygen atoms in total. The first-order valence-electron chi connectivity index (χ1n) is 6.72. The average Bonchev–Trinajstić information content (AvgIpc) is 3.01. The molecule has 2 aromatic heterocycles. The van der Waals surface area contributed by atoms with Gasteiger partial charge in [0.25, 0.3) is 0 Å². The monoisotopic (exact) mass is 261 g/mol. The topological polar surface area (TPSA) is 74.1 Å². The van der Waals surface area contributed by atoms with Crippen molar-refractivity contribution >= 4 is 0 Å². The van der Waals surface area contributed by atoms with Gasteiger partial charge in [-0.05, 0) is 37.8 Å². The second-order valence-electron chi connectivity index (χ2n) is 5.22. The van der Waals surface area contributed by atoms with Crippen LogP contribution < -0.4 is 5.32 Å². The molecule has 102 valence electrons. The summed E-state index contributed by atoms with van der Waals surface area (Å²) in [5.41, 5.74) is 1.96. The van der Waals surface area contributed by atoms with Crippen molar-refractivity contribution in [2.75, 3.05) is 6.54 Å². The Labute approximate surface area is 112 Å². The SMILES string of the molecule is Cc1ccc(-c2[nH]ncc2CNCC(O)C2CC2)o1. The van der Waals surface area contributed by atoms with E-state index in [4.69, 9.17) is 4.42 Å². The van der Waals surface area contributed by atoms with E-state index in [1.54, 1.807) is 6.20 Å². The van der Waals surface area contributed by atoms with Crippen LogP contribution in [-0.2, 0) is 6.54 Å². The van der Waals surface area contributed by atoms with Gasteiger partial charge in [-0.1, -0.05) is 0 Å². The molecule has 19 heavy (non-hydrogen) atoms. The van der Waals surface area contributed by atoms with Crippen LogP contribution in [0.1, 0.15) is 24.2 Å². The summed E-state index contributed by atoms with van der Waals surface area (Å²) < 4.78 is 5.60. The van der Waals surface area contributed by atoms with Gasteiger partial charge in [0.15, 0.2) is 5.76 Å². The highest BCUT2D eigenvalue weighted by Gasteiger charge is 2.29. The van der Waals surface area contributed by atoms with E-state index in [1.807, 2.05) is 19.1 Å². The third-order valence-corrected chi connectivity index (χ3v) is 3.54. The zero-order chi connectivity index (χ0) is 13.2. The predicted molar refractivity (Wildman–Crippen MR) is 71.5 cm³/mol. The summed E-state index contributed by atoms with van der Waals surface area (Å²) in [4.78, 5) is 0. The Morgan fingerprint density at radius 2 is 2.37 bits per heavy atom. The van der Waals surface area contributed by atoms with Crippen molar-refractivity contribution in [1.82, 2.24) is 15.5 Å². The molecule has 3 N–H and O–H groups in total. The highest BCUT2D eigenvalue weighted by Crippen LogP contribution is 2.32.